The first-order valence-corrected chi connectivity index (χ1v) is 7.31. The van der Waals surface area contributed by atoms with Gasteiger partial charge in [0.25, 0.3) is 0 Å². The van der Waals surface area contributed by atoms with Gasteiger partial charge in [-0.25, -0.2) is 4.90 Å². The van der Waals surface area contributed by atoms with E-state index in [0.717, 1.165) is 5.56 Å². The van der Waals surface area contributed by atoms with E-state index in [0.29, 0.717) is 10.7 Å². The van der Waals surface area contributed by atoms with E-state index in [1.54, 1.807) is 12.1 Å². The van der Waals surface area contributed by atoms with Crippen LogP contribution in [-0.2, 0) is 14.3 Å². The summed E-state index contributed by atoms with van der Waals surface area (Å²) in [6.45, 7) is 3.75. The molecule has 1 aromatic rings. The molecule has 1 aromatic carbocycles. The van der Waals surface area contributed by atoms with E-state index in [9.17, 15) is 9.59 Å². The number of halogens is 1. The monoisotopic (exact) mass is 303 g/mol. The van der Waals surface area contributed by atoms with Gasteiger partial charge >= 0.3 is 0 Å². The number of carbonyl (C=O) groups excluding carboxylic acids is 2. The molecule has 2 saturated heterocycles. The van der Waals surface area contributed by atoms with Crippen molar-refractivity contribution in [2.75, 3.05) is 4.90 Å². The molecule has 2 fully saturated rings. The van der Waals surface area contributed by atoms with Crippen molar-refractivity contribution < 1.29 is 14.3 Å². The maximum atomic E-state index is 12.7. The van der Waals surface area contributed by atoms with Crippen LogP contribution in [-0.4, -0.2) is 23.5 Å². The number of aryl methyl sites for hydroxylation is 1. The van der Waals surface area contributed by atoms with Crippen LogP contribution in [0.25, 0.3) is 0 Å². The minimum absolute atomic E-state index is 0.192. The van der Waals surface area contributed by atoms with Gasteiger partial charge in [-0.1, -0.05) is 29.8 Å². The van der Waals surface area contributed by atoms with Gasteiger partial charge in [0.15, 0.2) is 0 Å². The predicted molar refractivity (Wildman–Crippen MR) is 78.1 cm³/mol. The molecule has 2 bridgehead atoms. The zero-order valence-electron chi connectivity index (χ0n) is 11.7. The van der Waals surface area contributed by atoms with Crippen molar-refractivity contribution in [1.29, 1.82) is 0 Å². The summed E-state index contributed by atoms with van der Waals surface area (Å²) < 4.78 is 5.79. The smallest absolute Gasteiger partial charge is 0.241 e. The Labute approximate surface area is 127 Å². The van der Waals surface area contributed by atoms with Crippen LogP contribution in [0, 0.1) is 18.8 Å². The molecule has 0 N–H and O–H groups in total. The second-order valence-corrected chi connectivity index (χ2v) is 6.48. The first kappa shape index (κ1) is 13.0. The van der Waals surface area contributed by atoms with Crippen molar-refractivity contribution in [3.8, 4) is 0 Å². The third kappa shape index (κ3) is 1.54. The minimum Gasteiger partial charge on any atom is -0.362 e. The average molecular weight is 304 g/mol. The van der Waals surface area contributed by atoms with Crippen LogP contribution in [0.15, 0.2) is 30.4 Å². The third-order valence-corrected chi connectivity index (χ3v) is 5.15. The molecule has 4 atom stereocenters. The fourth-order valence-electron chi connectivity index (χ4n) is 3.63. The maximum absolute atomic E-state index is 12.7. The van der Waals surface area contributed by atoms with Gasteiger partial charge in [-0.2, -0.15) is 0 Å². The highest BCUT2D eigenvalue weighted by Crippen LogP contribution is 2.52. The van der Waals surface area contributed by atoms with Crippen molar-refractivity contribution in [3.05, 3.63) is 40.9 Å². The number of benzene rings is 1. The lowest BCUT2D eigenvalue weighted by Crippen LogP contribution is -2.38. The molecule has 0 radical (unpaired) electrons. The largest absolute Gasteiger partial charge is 0.362 e. The van der Waals surface area contributed by atoms with Gasteiger partial charge in [0.2, 0.25) is 11.8 Å². The standard InChI is InChI=1S/C16H14ClNO3/c1-8-3-4-9(7-10(8)17)18-14(19)12-11-5-6-16(2,21-11)13(12)15(18)20/h3-7,11-13H,1-2H3/t11-,12-,13+,16+/m1/s1. The van der Waals surface area contributed by atoms with Crippen molar-refractivity contribution in [2.24, 2.45) is 11.8 Å². The highest BCUT2D eigenvalue weighted by Gasteiger charge is 2.66. The van der Waals surface area contributed by atoms with Gasteiger partial charge < -0.3 is 4.74 Å². The van der Waals surface area contributed by atoms with Gasteiger partial charge in [0.05, 0.1) is 29.2 Å². The minimum atomic E-state index is -0.661. The highest BCUT2D eigenvalue weighted by atomic mass is 35.5. The van der Waals surface area contributed by atoms with Crippen LogP contribution in [0.4, 0.5) is 5.69 Å². The van der Waals surface area contributed by atoms with E-state index in [1.807, 2.05) is 32.1 Å². The third-order valence-electron chi connectivity index (χ3n) is 4.74. The van der Waals surface area contributed by atoms with Gasteiger partial charge in [0, 0.05) is 5.02 Å². The maximum Gasteiger partial charge on any atom is 0.241 e. The first-order valence-electron chi connectivity index (χ1n) is 6.93. The number of hydrogen-bond donors (Lipinski definition) is 0. The molecule has 108 valence electrons. The molecule has 0 aromatic heterocycles. The fourth-order valence-corrected chi connectivity index (χ4v) is 3.80. The SMILES string of the molecule is Cc1ccc(N2C(=O)[C@H]3[C@@H](C2=O)[C@]2(C)C=C[C@H]3O2)cc1Cl. The van der Waals surface area contributed by atoms with E-state index in [-0.39, 0.29) is 17.9 Å². The lowest BCUT2D eigenvalue weighted by Gasteiger charge is -2.24. The Balaban J connectivity index is 1.78. The molecule has 4 nitrogen and oxygen atoms in total. The molecule has 0 saturated carbocycles. The number of rotatable bonds is 1. The first-order chi connectivity index (χ1) is 9.92. The number of nitrogens with zero attached hydrogens (tertiary/aromatic N) is 1. The Bertz CT molecular complexity index is 713. The summed E-state index contributed by atoms with van der Waals surface area (Å²) in [6, 6.07) is 5.25. The zero-order valence-corrected chi connectivity index (χ0v) is 12.4. The number of ether oxygens (including phenoxy) is 1. The number of carbonyl (C=O) groups is 2. The van der Waals surface area contributed by atoms with Gasteiger partial charge in [-0.15, -0.1) is 0 Å². The second-order valence-electron chi connectivity index (χ2n) is 6.07. The lowest BCUT2D eigenvalue weighted by molar-refractivity contribution is -0.126. The summed E-state index contributed by atoms with van der Waals surface area (Å²) in [4.78, 5) is 26.7. The lowest BCUT2D eigenvalue weighted by atomic mass is 9.78. The van der Waals surface area contributed by atoms with Crippen LogP contribution in [0.2, 0.25) is 5.02 Å². The summed E-state index contributed by atoms with van der Waals surface area (Å²) in [5, 5.41) is 0.550. The molecular weight excluding hydrogens is 290 g/mol. The van der Waals surface area contributed by atoms with E-state index >= 15 is 0 Å². The van der Waals surface area contributed by atoms with E-state index in [4.69, 9.17) is 16.3 Å². The fraction of sp³-hybridized carbons (Fsp3) is 0.375. The Kier molecular flexibility index (Phi) is 2.46. The second kappa shape index (κ2) is 3.96. The molecule has 5 heteroatoms. The quantitative estimate of drug-likeness (QED) is 0.591. The number of imide groups is 1. The molecule has 4 rings (SSSR count). The van der Waals surface area contributed by atoms with Crippen molar-refractivity contribution in [2.45, 2.75) is 25.6 Å². The van der Waals surface area contributed by atoms with Gasteiger partial charge in [-0.3, -0.25) is 9.59 Å². The Morgan fingerprint density at radius 2 is 2.05 bits per heavy atom. The molecule has 3 aliphatic heterocycles. The van der Waals surface area contributed by atoms with Crippen LogP contribution in [0.5, 0.6) is 0 Å². The van der Waals surface area contributed by atoms with Crippen LogP contribution < -0.4 is 4.90 Å². The summed E-state index contributed by atoms with van der Waals surface area (Å²) in [7, 11) is 0. The van der Waals surface area contributed by atoms with Crippen LogP contribution in [0.1, 0.15) is 12.5 Å². The molecule has 21 heavy (non-hydrogen) atoms. The Hall–Kier alpha value is -1.65. The molecule has 2 amide bonds. The van der Waals surface area contributed by atoms with E-state index < -0.39 is 17.4 Å². The molecule has 0 aliphatic carbocycles. The predicted octanol–water partition coefficient (Wildman–Crippen LogP) is 2.48. The molecule has 0 unspecified atom stereocenters. The van der Waals surface area contributed by atoms with E-state index in [2.05, 4.69) is 0 Å². The van der Waals surface area contributed by atoms with Crippen molar-refractivity contribution >= 4 is 29.1 Å². The van der Waals surface area contributed by atoms with E-state index in [1.165, 1.54) is 4.90 Å². The summed E-state index contributed by atoms with van der Waals surface area (Å²) in [6.07, 6.45) is 3.50. The van der Waals surface area contributed by atoms with Crippen molar-refractivity contribution in [1.82, 2.24) is 0 Å². The van der Waals surface area contributed by atoms with Crippen LogP contribution >= 0.6 is 11.6 Å². The number of hydrogen-bond acceptors (Lipinski definition) is 3. The summed E-state index contributed by atoms with van der Waals surface area (Å²) in [5.74, 6) is -1.23. The number of anilines is 1. The molecule has 3 heterocycles. The zero-order chi connectivity index (χ0) is 14.9. The topological polar surface area (TPSA) is 46.6 Å². The molecule has 3 aliphatic rings. The van der Waals surface area contributed by atoms with Gasteiger partial charge in [0.1, 0.15) is 0 Å². The average Bonchev–Trinajstić information content (AvgIpc) is 3.03. The van der Waals surface area contributed by atoms with Crippen LogP contribution in [0.3, 0.4) is 0 Å². The summed E-state index contributed by atoms with van der Waals surface area (Å²) in [5.41, 5.74) is 0.792. The molecular formula is C16H14ClNO3. The number of amides is 2. The normalized spacial score (nSPS) is 36.7. The van der Waals surface area contributed by atoms with Crippen molar-refractivity contribution in [3.63, 3.8) is 0 Å². The Morgan fingerprint density at radius 3 is 2.71 bits per heavy atom. The number of fused-ring (bicyclic) bond motifs is 5. The Morgan fingerprint density at radius 1 is 1.29 bits per heavy atom. The summed E-state index contributed by atoms with van der Waals surface area (Å²) >= 11 is 6.12. The highest BCUT2D eigenvalue weighted by molar-refractivity contribution is 6.32. The molecule has 0 spiro atoms. The van der Waals surface area contributed by atoms with Gasteiger partial charge in [-0.05, 0) is 31.5 Å².